The Morgan fingerprint density at radius 3 is 2.60 bits per heavy atom. The number of amides is 1. The second kappa shape index (κ2) is 8.99. The van der Waals surface area contributed by atoms with E-state index in [9.17, 15) is 4.79 Å². The van der Waals surface area contributed by atoms with Crippen LogP contribution in [0, 0.1) is 5.92 Å². The summed E-state index contributed by atoms with van der Waals surface area (Å²) in [5.74, 6) is 0.946. The van der Waals surface area contributed by atoms with Crippen molar-refractivity contribution in [1.82, 2.24) is 4.90 Å². The molecule has 1 aliphatic rings. The van der Waals surface area contributed by atoms with Crippen LogP contribution in [0.4, 0.5) is 5.69 Å². The van der Waals surface area contributed by atoms with Gasteiger partial charge in [-0.1, -0.05) is 42.5 Å². The molecule has 0 radical (unpaired) electrons. The average molecular weight is 360 g/mol. The topological polar surface area (TPSA) is 58.4 Å². The number of benzene rings is 2. The van der Waals surface area contributed by atoms with Gasteiger partial charge in [0.15, 0.2) is 0 Å². The molecule has 0 saturated carbocycles. The number of anilines is 1. The molecule has 1 amide bonds. The first kappa shape index (κ1) is 19.4. The number of nitrogens with zero attached hydrogens (tertiary/aromatic N) is 1. The molecule has 3 rings (SSSR count). The normalized spacial score (nSPS) is 20.1. The lowest BCUT2D eigenvalue weighted by molar-refractivity contribution is -0.114. The molecule has 134 valence electrons. The van der Waals surface area contributed by atoms with E-state index in [1.807, 2.05) is 12.1 Å². The quantitative estimate of drug-likeness (QED) is 0.861. The van der Waals surface area contributed by atoms with Crippen molar-refractivity contribution < 1.29 is 4.79 Å². The lowest BCUT2D eigenvalue weighted by atomic mass is 9.89. The molecule has 0 aromatic heterocycles. The van der Waals surface area contributed by atoms with Crippen LogP contribution in [0.1, 0.15) is 24.0 Å². The molecule has 0 aliphatic carbocycles. The number of carbonyl (C=O) groups excluding carboxylic acids is 1. The second-order valence-electron chi connectivity index (χ2n) is 6.59. The van der Waals surface area contributed by atoms with Crippen molar-refractivity contribution in [3.8, 4) is 0 Å². The SMILES string of the molecule is CC(=O)Nc1cccc(CN2C[C@@H](CN)[C@H](c3ccccc3)C2)c1.Cl. The van der Waals surface area contributed by atoms with Gasteiger partial charge in [0, 0.05) is 38.2 Å². The lowest BCUT2D eigenvalue weighted by Crippen LogP contribution is -2.23. The molecular weight excluding hydrogens is 334 g/mol. The highest BCUT2D eigenvalue weighted by Gasteiger charge is 2.32. The molecule has 1 saturated heterocycles. The number of rotatable bonds is 5. The Kier molecular flexibility index (Phi) is 7.00. The summed E-state index contributed by atoms with van der Waals surface area (Å²) < 4.78 is 0. The summed E-state index contributed by atoms with van der Waals surface area (Å²) in [4.78, 5) is 13.7. The van der Waals surface area contributed by atoms with E-state index in [4.69, 9.17) is 5.73 Å². The van der Waals surface area contributed by atoms with Gasteiger partial charge in [-0.2, -0.15) is 0 Å². The number of nitrogens with one attached hydrogen (secondary N) is 1. The van der Waals surface area contributed by atoms with E-state index in [0.717, 1.165) is 25.3 Å². The Morgan fingerprint density at radius 2 is 1.92 bits per heavy atom. The van der Waals surface area contributed by atoms with Crippen molar-refractivity contribution in [1.29, 1.82) is 0 Å². The molecule has 0 unspecified atom stereocenters. The van der Waals surface area contributed by atoms with Gasteiger partial charge >= 0.3 is 0 Å². The van der Waals surface area contributed by atoms with Crippen LogP contribution in [0.25, 0.3) is 0 Å². The molecule has 25 heavy (non-hydrogen) atoms. The van der Waals surface area contributed by atoms with E-state index in [-0.39, 0.29) is 18.3 Å². The maximum atomic E-state index is 11.2. The summed E-state index contributed by atoms with van der Waals surface area (Å²) in [7, 11) is 0. The molecule has 4 nitrogen and oxygen atoms in total. The maximum Gasteiger partial charge on any atom is 0.221 e. The van der Waals surface area contributed by atoms with Gasteiger partial charge in [0.2, 0.25) is 5.91 Å². The number of hydrogen-bond donors (Lipinski definition) is 2. The van der Waals surface area contributed by atoms with Crippen molar-refractivity contribution in [2.45, 2.75) is 19.4 Å². The van der Waals surface area contributed by atoms with Gasteiger partial charge in [-0.25, -0.2) is 0 Å². The van der Waals surface area contributed by atoms with Crippen LogP contribution in [0.15, 0.2) is 54.6 Å². The van der Waals surface area contributed by atoms with E-state index in [2.05, 4.69) is 52.7 Å². The van der Waals surface area contributed by atoms with E-state index < -0.39 is 0 Å². The van der Waals surface area contributed by atoms with E-state index in [1.54, 1.807) is 0 Å². The first-order valence-electron chi connectivity index (χ1n) is 8.49. The monoisotopic (exact) mass is 359 g/mol. The van der Waals surface area contributed by atoms with Crippen LogP contribution in [0.5, 0.6) is 0 Å². The van der Waals surface area contributed by atoms with Crippen LogP contribution in [0.3, 0.4) is 0 Å². The molecule has 0 bridgehead atoms. The van der Waals surface area contributed by atoms with Gasteiger partial charge in [-0.05, 0) is 35.7 Å². The molecule has 2 aromatic carbocycles. The van der Waals surface area contributed by atoms with E-state index in [0.29, 0.717) is 18.4 Å². The summed E-state index contributed by atoms with van der Waals surface area (Å²) in [5, 5.41) is 2.85. The summed E-state index contributed by atoms with van der Waals surface area (Å²) in [6, 6.07) is 18.7. The molecule has 1 heterocycles. The molecule has 5 heteroatoms. The molecule has 0 spiro atoms. The Labute approximate surface area is 155 Å². The van der Waals surface area contributed by atoms with E-state index >= 15 is 0 Å². The fourth-order valence-electron chi connectivity index (χ4n) is 3.62. The van der Waals surface area contributed by atoms with Crippen LogP contribution >= 0.6 is 12.4 Å². The molecule has 1 fully saturated rings. The molecule has 2 aromatic rings. The summed E-state index contributed by atoms with van der Waals surface area (Å²) >= 11 is 0. The number of nitrogens with two attached hydrogens (primary N) is 1. The standard InChI is InChI=1S/C20H25N3O.ClH/c1-15(24)22-19-9-5-6-16(10-19)12-23-13-18(11-21)20(14-23)17-7-3-2-4-8-17;/h2-10,18,20H,11-14,21H2,1H3,(H,22,24);1H/t18-,20+;/m1./s1. The third-order valence-corrected chi connectivity index (χ3v) is 4.70. The van der Waals surface area contributed by atoms with Crippen molar-refractivity contribution in [3.63, 3.8) is 0 Å². The van der Waals surface area contributed by atoms with Gasteiger partial charge in [-0.15, -0.1) is 12.4 Å². The third-order valence-electron chi connectivity index (χ3n) is 4.70. The third kappa shape index (κ3) is 5.05. The number of likely N-dealkylation sites (tertiary alicyclic amines) is 1. The van der Waals surface area contributed by atoms with Crippen molar-refractivity contribution >= 4 is 24.0 Å². The lowest BCUT2D eigenvalue weighted by Gasteiger charge is -2.17. The second-order valence-corrected chi connectivity index (χ2v) is 6.59. The number of hydrogen-bond acceptors (Lipinski definition) is 3. The zero-order chi connectivity index (χ0) is 16.9. The first-order valence-corrected chi connectivity index (χ1v) is 8.49. The Balaban J connectivity index is 0.00000225. The van der Waals surface area contributed by atoms with Crippen LogP contribution in [-0.2, 0) is 11.3 Å². The van der Waals surface area contributed by atoms with Crippen LogP contribution in [0.2, 0.25) is 0 Å². The Bertz CT molecular complexity index is 692. The summed E-state index contributed by atoms with van der Waals surface area (Å²) in [6.45, 7) is 5.16. The minimum atomic E-state index is -0.0411. The minimum Gasteiger partial charge on any atom is -0.330 e. The fraction of sp³-hybridized carbons (Fsp3) is 0.350. The summed E-state index contributed by atoms with van der Waals surface area (Å²) in [5.41, 5.74) is 9.47. The van der Waals surface area contributed by atoms with Crippen molar-refractivity contribution in [2.75, 3.05) is 25.0 Å². The largest absolute Gasteiger partial charge is 0.330 e. The Morgan fingerprint density at radius 1 is 1.16 bits per heavy atom. The van der Waals surface area contributed by atoms with Gasteiger partial charge in [0.25, 0.3) is 0 Å². The molecule has 1 aliphatic heterocycles. The molecule has 3 N–H and O–H groups in total. The molecule has 2 atom stereocenters. The predicted molar refractivity (Wildman–Crippen MR) is 105 cm³/mol. The predicted octanol–water partition coefficient (Wildman–Crippen LogP) is 3.24. The fourth-order valence-corrected chi connectivity index (χ4v) is 3.62. The van der Waals surface area contributed by atoms with Gasteiger partial charge in [0.1, 0.15) is 0 Å². The van der Waals surface area contributed by atoms with Crippen LogP contribution in [-0.4, -0.2) is 30.4 Å². The van der Waals surface area contributed by atoms with Crippen molar-refractivity contribution in [3.05, 3.63) is 65.7 Å². The highest BCUT2D eigenvalue weighted by atomic mass is 35.5. The highest BCUT2D eigenvalue weighted by molar-refractivity contribution is 5.88. The zero-order valence-corrected chi connectivity index (χ0v) is 15.3. The van der Waals surface area contributed by atoms with Crippen molar-refractivity contribution in [2.24, 2.45) is 11.7 Å². The number of halogens is 1. The molecular formula is C20H26ClN3O. The first-order chi connectivity index (χ1) is 11.7. The van der Waals surface area contributed by atoms with Crippen LogP contribution < -0.4 is 11.1 Å². The Hall–Kier alpha value is -1.88. The van der Waals surface area contributed by atoms with Gasteiger partial charge in [0.05, 0.1) is 0 Å². The average Bonchev–Trinajstić information content (AvgIpc) is 2.98. The maximum absolute atomic E-state index is 11.2. The smallest absolute Gasteiger partial charge is 0.221 e. The highest BCUT2D eigenvalue weighted by Crippen LogP contribution is 2.32. The number of carbonyl (C=O) groups is 1. The van der Waals surface area contributed by atoms with Gasteiger partial charge < -0.3 is 11.1 Å². The summed E-state index contributed by atoms with van der Waals surface area (Å²) in [6.07, 6.45) is 0. The van der Waals surface area contributed by atoms with Gasteiger partial charge in [-0.3, -0.25) is 9.69 Å². The van der Waals surface area contributed by atoms with E-state index in [1.165, 1.54) is 18.1 Å². The minimum absolute atomic E-state index is 0. The zero-order valence-electron chi connectivity index (χ0n) is 14.5.